The molecule has 0 N–H and O–H groups in total. The van der Waals surface area contributed by atoms with E-state index in [0.29, 0.717) is 0 Å². The van der Waals surface area contributed by atoms with Crippen LogP contribution in [0.3, 0.4) is 0 Å². The second-order valence-corrected chi connectivity index (χ2v) is 4.21. The molecule has 1 fully saturated rings. The van der Waals surface area contributed by atoms with Crippen molar-refractivity contribution in [3.05, 3.63) is 11.9 Å². The van der Waals surface area contributed by atoms with E-state index >= 15 is 0 Å². The fourth-order valence-electron chi connectivity index (χ4n) is 2.09. The molecule has 0 radical (unpaired) electrons. The summed E-state index contributed by atoms with van der Waals surface area (Å²) in [4.78, 5) is 6.91. The van der Waals surface area contributed by atoms with Gasteiger partial charge in [0.2, 0.25) is 0 Å². The van der Waals surface area contributed by atoms with Crippen LogP contribution >= 0.6 is 0 Å². The number of allylic oxidation sites excluding steroid dienone is 1. The summed E-state index contributed by atoms with van der Waals surface area (Å²) in [5.74, 6) is 2.10. The lowest BCUT2D eigenvalue weighted by Gasteiger charge is -2.33. The van der Waals surface area contributed by atoms with Crippen LogP contribution < -0.4 is 0 Å². The third-order valence-corrected chi connectivity index (χ3v) is 3.18. The van der Waals surface area contributed by atoms with Gasteiger partial charge in [-0.2, -0.15) is 0 Å². The van der Waals surface area contributed by atoms with Gasteiger partial charge in [-0.05, 0) is 38.2 Å². The van der Waals surface area contributed by atoms with Crippen molar-refractivity contribution in [3.63, 3.8) is 0 Å². The van der Waals surface area contributed by atoms with Crippen molar-refractivity contribution in [1.29, 1.82) is 0 Å². The number of rotatable bonds is 4. The molecule has 1 rings (SSSR count). The number of aliphatic imine (C=N–C) groups is 1. The lowest BCUT2D eigenvalue weighted by Crippen LogP contribution is -2.32. The van der Waals surface area contributed by atoms with Crippen LogP contribution in [0.4, 0.5) is 0 Å². The van der Waals surface area contributed by atoms with Crippen molar-refractivity contribution >= 4 is 6.21 Å². The molecule has 1 aliphatic rings. The molecule has 0 aromatic rings. The van der Waals surface area contributed by atoms with Gasteiger partial charge in [-0.3, -0.25) is 0 Å². The maximum absolute atomic E-state index is 4.50. The fraction of sp³-hybridized carbons (Fsp3) is 0.769. The number of hydrogen-bond donors (Lipinski definition) is 0. The highest BCUT2D eigenvalue weighted by Crippen LogP contribution is 2.22. The summed E-state index contributed by atoms with van der Waals surface area (Å²) in [5, 5.41) is 0. The van der Waals surface area contributed by atoms with E-state index in [1.54, 1.807) is 0 Å². The molecule has 1 saturated heterocycles. The molecule has 0 amide bonds. The summed E-state index contributed by atoms with van der Waals surface area (Å²) in [6.45, 7) is 8.86. The zero-order valence-corrected chi connectivity index (χ0v) is 10.4. The zero-order valence-electron chi connectivity index (χ0n) is 10.4. The molecule has 2 heteroatoms. The standard InChI is InChI=1S/C13H24N2/c1-4-9-14-13(6-3)15-10-7-12(5-2)8-11-15/h6,9,12H,4-5,7-8,10-11H2,1-3H3/b13-6+,14-9-. The highest BCUT2D eigenvalue weighted by atomic mass is 15.2. The van der Waals surface area contributed by atoms with Crippen LogP contribution in [-0.4, -0.2) is 24.2 Å². The number of hydrogen-bond acceptors (Lipinski definition) is 2. The van der Waals surface area contributed by atoms with Crippen molar-refractivity contribution in [2.24, 2.45) is 10.9 Å². The van der Waals surface area contributed by atoms with Gasteiger partial charge in [-0.1, -0.05) is 20.3 Å². The lowest BCUT2D eigenvalue weighted by molar-refractivity contribution is 0.221. The first kappa shape index (κ1) is 12.3. The smallest absolute Gasteiger partial charge is 0.123 e. The molecule has 0 saturated carbocycles. The van der Waals surface area contributed by atoms with Crippen molar-refractivity contribution < 1.29 is 0 Å². The van der Waals surface area contributed by atoms with Crippen molar-refractivity contribution in [1.82, 2.24) is 4.90 Å². The molecule has 0 aromatic carbocycles. The van der Waals surface area contributed by atoms with Gasteiger partial charge in [0.25, 0.3) is 0 Å². The second-order valence-electron chi connectivity index (χ2n) is 4.21. The fourth-order valence-corrected chi connectivity index (χ4v) is 2.09. The van der Waals surface area contributed by atoms with Gasteiger partial charge in [-0.25, -0.2) is 4.99 Å². The monoisotopic (exact) mass is 208 g/mol. The molecule has 0 atom stereocenters. The molecular formula is C13H24N2. The summed E-state index contributed by atoms with van der Waals surface area (Å²) in [6, 6.07) is 0. The Balaban J connectivity index is 2.47. The highest BCUT2D eigenvalue weighted by Gasteiger charge is 2.18. The maximum Gasteiger partial charge on any atom is 0.123 e. The summed E-state index contributed by atoms with van der Waals surface area (Å²) >= 11 is 0. The van der Waals surface area contributed by atoms with Crippen molar-refractivity contribution in [2.45, 2.75) is 46.5 Å². The average Bonchev–Trinajstić information content (AvgIpc) is 2.31. The van der Waals surface area contributed by atoms with Crippen LogP contribution in [0.25, 0.3) is 0 Å². The van der Waals surface area contributed by atoms with Gasteiger partial charge < -0.3 is 4.90 Å². The van der Waals surface area contributed by atoms with Crippen LogP contribution in [-0.2, 0) is 0 Å². The van der Waals surface area contributed by atoms with Gasteiger partial charge in [0.1, 0.15) is 5.82 Å². The van der Waals surface area contributed by atoms with Gasteiger partial charge in [0, 0.05) is 19.3 Å². The van der Waals surface area contributed by atoms with E-state index in [1.807, 2.05) is 6.21 Å². The van der Waals surface area contributed by atoms with Gasteiger partial charge in [-0.15, -0.1) is 0 Å². The first-order valence-corrected chi connectivity index (χ1v) is 6.25. The Kier molecular flexibility index (Phi) is 5.44. The third-order valence-electron chi connectivity index (χ3n) is 3.18. The highest BCUT2D eigenvalue weighted by molar-refractivity contribution is 5.58. The Labute approximate surface area is 94.1 Å². The minimum atomic E-state index is 0.939. The van der Waals surface area contributed by atoms with Crippen LogP contribution in [0.1, 0.15) is 46.5 Å². The Morgan fingerprint density at radius 1 is 1.33 bits per heavy atom. The van der Waals surface area contributed by atoms with Crippen LogP contribution in [0.2, 0.25) is 0 Å². The predicted molar refractivity (Wildman–Crippen MR) is 67.1 cm³/mol. The van der Waals surface area contributed by atoms with E-state index in [-0.39, 0.29) is 0 Å². The number of likely N-dealkylation sites (tertiary alicyclic amines) is 1. The number of nitrogens with zero attached hydrogens (tertiary/aromatic N) is 2. The molecule has 1 aliphatic heterocycles. The summed E-state index contributed by atoms with van der Waals surface area (Å²) in [5.41, 5.74) is 0. The van der Waals surface area contributed by atoms with Crippen LogP contribution in [0.15, 0.2) is 16.9 Å². The zero-order chi connectivity index (χ0) is 11.1. The van der Waals surface area contributed by atoms with Crippen molar-refractivity contribution in [2.75, 3.05) is 13.1 Å². The van der Waals surface area contributed by atoms with Gasteiger partial charge in [0.15, 0.2) is 0 Å². The molecule has 0 unspecified atom stereocenters. The van der Waals surface area contributed by atoms with E-state index in [4.69, 9.17) is 0 Å². The van der Waals surface area contributed by atoms with Gasteiger partial charge in [0.05, 0.1) is 0 Å². The summed E-state index contributed by atoms with van der Waals surface area (Å²) in [6.07, 6.45) is 9.13. The lowest BCUT2D eigenvalue weighted by atomic mass is 9.94. The quantitative estimate of drug-likeness (QED) is 0.646. The average molecular weight is 208 g/mol. The van der Waals surface area contributed by atoms with Crippen molar-refractivity contribution in [3.8, 4) is 0 Å². The van der Waals surface area contributed by atoms with E-state index in [9.17, 15) is 0 Å². The molecule has 0 spiro atoms. The minimum absolute atomic E-state index is 0.939. The predicted octanol–water partition coefficient (Wildman–Crippen LogP) is 3.45. The van der Waals surface area contributed by atoms with Crippen LogP contribution in [0, 0.1) is 5.92 Å². The van der Waals surface area contributed by atoms with E-state index in [2.05, 4.69) is 36.7 Å². The first-order valence-electron chi connectivity index (χ1n) is 6.25. The maximum atomic E-state index is 4.50. The largest absolute Gasteiger partial charge is 0.357 e. The molecule has 0 aromatic heterocycles. The first-order chi connectivity index (χ1) is 7.31. The molecule has 0 bridgehead atoms. The van der Waals surface area contributed by atoms with E-state index < -0.39 is 0 Å². The molecule has 2 nitrogen and oxygen atoms in total. The molecule has 0 aliphatic carbocycles. The normalized spacial score (nSPS) is 20.2. The molecule has 86 valence electrons. The summed E-state index contributed by atoms with van der Waals surface area (Å²) < 4.78 is 0. The Hall–Kier alpha value is -0.790. The Bertz CT molecular complexity index is 223. The summed E-state index contributed by atoms with van der Waals surface area (Å²) in [7, 11) is 0. The third kappa shape index (κ3) is 3.69. The Morgan fingerprint density at radius 3 is 2.47 bits per heavy atom. The van der Waals surface area contributed by atoms with E-state index in [0.717, 1.165) is 18.2 Å². The van der Waals surface area contributed by atoms with Gasteiger partial charge >= 0.3 is 0 Å². The van der Waals surface area contributed by atoms with E-state index in [1.165, 1.54) is 32.4 Å². The molecule has 15 heavy (non-hydrogen) atoms. The molecular weight excluding hydrogens is 184 g/mol. The number of piperidine rings is 1. The topological polar surface area (TPSA) is 15.6 Å². The SMILES string of the molecule is C/C=C(\N=C/CC)N1CCC(CC)CC1. The Morgan fingerprint density at radius 2 is 2.00 bits per heavy atom. The molecule has 1 heterocycles. The second kappa shape index (κ2) is 6.65. The minimum Gasteiger partial charge on any atom is -0.357 e. The van der Waals surface area contributed by atoms with Crippen LogP contribution in [0.5, 0.6) is 0 Å².